The number of hydrogen-bond acceptors (Lipinski definition) is 14. The number of carbonyl (C=O) groups excluding carboxylic acids is 5. The number of allylic oxidation sites excluding steroid dienone is 2. The lowest BCUT2D eigenvalue weighted by Gasteiger charge is -2.33. The van der Waals surface area contributed by atoms with Gasteiger partial charge in [0.15, 0.2) is 11.5 Å². The van der Waals surface area contributed by atoms with E-state index < -0.39 is 84.2 Å². The topological polar surface area (TPSA) is 322 Å². The molecule has 2 aromatic carbocycles. The first-order chi connectivity index (χ1) is 32.0. The molecule has 5 amide bonds. The molecule has 68 heavy (non-hydrogen) atoms. The molecular weight excluding hydrogens is 881 g/mol. The van der Waals surface area contributed by atoms with Crippen molar-refractivity contribution in [2.45, 2.75) is 89.4 Å². The Bertz CT molecular complexity index is 2310. The Morgan fingerprint density at radius 1 is 0.941 bits per heavy atom. The highest BCUT2D eigenvalue weighted by molar-refractivity contribution is 6.05. The number of nitrogens with zero attached hydrogens (tertiary/aromatic N) is 2. The van der Waals surface area contributed by atoms with E-state index in [0.717, 1.165) is 16.5 Å². The summed E-state index contributed by atoms with van der Waals surface area (Å²) in [6.07, 6.45) is 6.04. The van der Waals surface area contributed by atoms with Crippen LogP contribution in [0.25, 0.3) is 11.1 Å². The molecule has 0 spiro atoms. The van der Waals surface area contributed by atoms with Gasteiger partial charge in [0.05, 0.1) is 6.04 Å². The van der Waals surface area contributed by atoms with Gasteiger partial charge >= 0.3 is 5.97 Å². The van der Waals surface area contributed by atoms with Crippen molar-refractivity contribution in [1.29, 1.82) is 0 Å². The van der Waals surface area contributed by atoms with Gasteiger partial charge in [-0.3, -0.25) is 24.0 Å². The first-order valence-corrected chi connectivity index (χ1v) is 22.2. The Labute approximate surface area is 395 Å². The minimum atomic E-state index is -1.69. The fourth-order valence-corrected chi connectivity index (χ4v) is 7.40. The van der Waals surface area contributed by atoms with E-state index >= 15 is 0 Å². The molecule has 0 fully saturated rings. The van der Waals surface area contributed by atoms with Crippen molar-refractivity contribution in [3.63, 3.8) is 0 Å². The Morgan fingerprint density at radius 2 is 1.59 bits per heavy atom. The van der Waals surface area contributed by atoms with Crippen LogP contribution in [-0.2, 0) is 35.2 Å². The number of likely N-dealkylation sites (N-methyl/N-ethyl adjacent to an activating group) is 2. The van der Waals surface area contributed by atoms with Crippen LogP contribution in [0.3, 0.4) is 0 Å². The number of phenolic OH excluding ortho intramolecular Hbond substituents is 1. The van der Waals surface area contributed by atoms with Crippen molar-refractivity contribution in [1.82, 2.24) is 25.8 Å². The molecule has 0 saturated heterocycles. The van der Waals surface area contributed by atoms with Crippen molar-refractivity contribution in [2.24, 2.45) is 22.6 Å². The average Bonchev–Trinajstić information content (AvgIpc) is 3.30. The number of aliphatic carboxylic acids is 1. The number of aliphatic hydroxyl groups is 2. The summed E-state index contributed by atoms with van der Waals surface area (Å²) in [7, 11) is 2.86. The number of benzene rings is 2. The van der Waals surface area contributed by atoms with Crippen LogP contribution in [0.2, 0.25) is 0 Å². The number of nitrogens with two attached hydrogens (primary N) is 3. The molecule has 1 aliphatic heterocycles. The number of hydrogen-bond donors (Lipinski definition) is 10. The highest BCUT2D eigenvalue weighted by atomic mass is 16.5. The van der Waals surface area contributed by atoms with Crippen LogP contribution in [0, 0.1) is 5.41 Å². The number of aromatic hydroxyl groups is 1. The summed E-state index contributed by atoms with van der Waals surface area (Å²) in [4.78, 5) is 85.1. The summed E-state index contributed by atoms with van der Waals surface area (Å²) >= 11 is 0. The summed E-state index contributed by atoms with van der Waals surface area (Å²) in [6, 6.07) is 0.788. The monoisotopic (exact) mass is 946 g/mol. The number of carboxylic acid groups (broad SMARTS) is 1. The number of nitrogens with one attached hydrogen (secondary N) is 3. The largest absolute Gasteiger partial charge is 0.504 e. The second kappa shape index (κ2) is 23.9. The standard InChI is InChI=1S/C48H66N8O12/c1-8-28(21-40(59)55(6)31-12-10-30(11-13-31)48(3,4)5)44(62)53-36(15-16-49)46(64)56(7)41-29-19-35(42(60)39(20-29)68-25-33(58)23-51)34-17-27(9-14-38(34)67-24-32(57)22-50)18-37(47(65)66)54-43(61)26(2)52-45(41)63/h8-12,14,17,19-21,26,31-33,36-37,41,57-58,60H,1,13,15-16,18,22-25,49-51H2,2-7H3,(H,52,63)(H,53,62)(H,54,61)(H,65,66)/b28-21+/t26-,31?,32+,33+,36-,37?,41-/m0/s1. The summed E-state index contributed by atoms with van der Waals surface area (Å²) in [5.41, 5.74) is 18.5. The molecule has 1 aliphatic carbocycles. The molecule has 1 heterocycles. The minimum absolute atomic E-state index is 0.0193. The molecule has 2 unspecified atom stereocenters. The second-order valence-corrected chi connectivity index (χ2v) is 17.8. The molecule has 2 aromatic rings. The lowest BCUT2D eigenvalue weighted by Crippen LogP contribution is -2.55. The molecule has 2 aliphatic rings. The van der Waals surface area contributed by atoms with Crippen LogP contribution in [0.15, 0.2) is 78.4 Å². The van der Waals surface area contributed by atoms with E-state index in [4.69, 9.17) is 26.7 Å². The van der Waals surface area contributed by atoms with Crippen LogP contribution in [-0.4, -0.2) is 149 Å². The van der Waals surface area contributed by atoms with Gasteiger partial charge in [-0.15, -0.1) is 0 Å². The second-order valence-electron chi connectivity index (χ2n) is 17.8. The molecule has 20 heteroatoms. The van der Waals surface area contributed by atoms with Crippen molar-refractivity contribution >= 4 is 35.5 Å². The highest BCUT2D eigenvalue weighted by Gasteiger charge is 2.37. The lowest BCUT2D eigenvalue weighted by molar-refractivity contribution is -0.143. The molecule has 0 aromatic heterocycles. The number of amides is 5. The fraction of sp³-hybridized carbons (Fsp3) is 0.458. The maximum Gasteiger partial charge on any atom is 0.326 e. The third kappa shape index (κ3) is 13.8. The van der Waals surface area contributed by atoms with E-state index in [9.17, 15) is 49.2 Å². The number of fused-ring (bicyclic) bond motifs is 5. The van der Waals surface area contributed by atoms with Gasteiger partial charge in [-0.1, -0.05) is 57.7 Å². The molecule has 13 N–H and O–H groups in total. The number of carboxylic acids is 1. The van der Waals surface area contributed by atoms with Gasteiger partial charge in [0.25, 0.3) is 5.91 Å². The van der Waals surface area contributed by atoms with Gasteiger partial charge < -0.3 is 72.9 Å². The van der Waals surface area contributed by atoms with E-state index in [1.807, 2.05) is 12.2 Å². The molecule has 4 rings (SSSR count). The minimum Gasteiger partial charge on any atom is -0.504 e. The number of carbonyl (C=O) groups is 6. The van der Waals surface area contributed by atoms with E-state index in [-0.39, 0.29) is 84.3 Å². The van der Waals surface area contributed by atoms with Gasteiger partial charge in [-0.2, -0.15) is 0 Å². The van der Waals surface area contributed by atoms with Crippen LogP contribution >= 0.6 is 0 Å². The summed E-state index contributed by atoms with van der Waals surface area (Å²) < 4.78 is 11.8. The van der Waals surface area contributed by atoms with Gasteiger partial charge in [-0.05, 0) is 72.7 Å². The smallest absolute Gasteiger partial charge is 0.326 e. The predicted molar refractivity (Wildman–Crippen MR) is 253 cm³/mol. The zero-order valence-electron chi connectivity index (χ0n) is 39.4. The number of rotatable bonds is 18. The Hall–Kier alpha value is -6.58. The van der Waals surface area contributed by atoms with Gasteiger partial charge in [0.2, 0.25) is 23.6 Å². The number of phenols is 1. The van der Waals surface area contributed by atoms with Crippen molar-refractivity contribution in [3.05, 3.63) is 89.6 Å². The van der Waals surface area contributed by atoms with Crippen molar-refractivity contribution in [2.75, 3.05) is 46.9 Å². The molecular formula is C48H66N8O12. The number of aliphatic hydroxyl groups excluding tert-OH is 2. The SMILES string of the molecule is C=C/C(=C\C(=O)N(C)C1C=CC(C(C)(C)C)=CC1)C(=O)N[C@@H](CCN)C(=O)N(C)[C@@H]1C(=O)N[C@@H](C)C(=O)NC(C(=O)O)Cc2ccc(OC[C@H](O)CN)c(c2)-c2cc1cc(OC[C@H](O)CN)c2O. The predicted octanol–water partition coefficient (Wildman–Crippen LogP) is 0.291. The Balaban J connectivity index is 1.84. The molecule has 4 bridgehead atoms. The van der Waals surface area contributed by atoms with Crippen molar-refractivity contribution in [3.8, 4) is 28.4 Å². The molecule has 370 valence electrons. The van der Waals surface area contributed by atoms with Gasteiger partial charge in [0.1, 0.15) is 55.3 Å². The first-order valence-electron chi connectivity index (χ1n) is 22.2. The van der Waals surface area contributed by atoms with Gasteiger partial charge in [0, 0.05) is 56.4 Å². The molecule has 20 nitrogen and oxygen atoms in total. The first kappa shape index (κ1) is 54.0. The highest BCUT2D eigenvalue weighted by Crippen LogP contribution is 2.45. The third-order valence-corrected chi connectivity index (χ3v) is 11.6. The van der Waals surface area contributed by atoms with E-state index in [0.29, 0.717) is 12.0 Å². The maximum atomic E-state index is 14.7. The van der Waals surface area contributed by atoms with Crippen LogP contribution < -0.4 is 42.6 Å². The summed E-state index contributed by atoms with van der Waals surface area (Å²) in [5.74, 6) is -6.20. The quantitative estimate of drug-likeness (QED) is 0.0710. The molecule has 7 atom stereocenters. The van der Waals surface area contributed by atoms with E-state index in [1.54, 1.807) is 7.05 Å². The lowest BCUT2D eigenvalue weighted by atomic mass is 9.83. The van der Waals surface area contributed by atoms with Crippen molar-refractivity contribution < 1.29 is 58.7 Å². The summed E-state index contributed by atoms with van der Waals surface area (Å²) in [6.45, 7) is 10.0. The molecule has 0 saturated carbocycles. The maximum absolute atomic E-state index is 14.7. The van der Waals surface area contributed by atoms with Crippen LogP contribution in [0.5, 0.6) is 17.2 Å². The zero-order chi connectivity index (χ0) is 50.6. The summed E-state index contributed by atoms with van der Waals surface area (Å²) in [5, 5.41) is 50.2. The van der Waals surface area contributed by atoms with E-state index in [2.05, 4.69) is 49.4 Å². The van der Waals surface area contributed by atoms with E-state index in [1.165, 1.54) is 55.3 Å². The normalized spacial score (nSPS) is 20.0. The zero-order valence-corrected chi connectivity index (χ0v) is 39.4. The average molecular weight is 947 g/mol. The van der Waals surface area contributed by atoms with Crippen LogP contribution in [0.4, 0.5) is 0 Å². The molecule has 0 radical (unpaired) electrons. The number of ether oxygens (including phenoxy) is 2. The fourth-order valence-electron chi connectivity index (χ4n) is 7.40. The van der Waals surface area contributed by atoms with Gasteiger partial charge in [-0.25, -0.2) is 4.79 Å². The third-order valence-electron chi connectivity index (χ3n) is 11.6. The Morgan fingerprint density at radius 3 is 2.15 bits per heavy atom. The van der Waals surface area contributed by atoms with Crippen LogP contribution in [0.1, 0.15) is 57.7 Å². The Kier molecular flexibility index (Phi) is 19.0.